The molecule has 0 saturated carbocycles. The average molecular weight is 282 g/mol. The summed E-state index contributed by atoms with van der Waals surface area (Å²) in [5.41, 5.74) is 1.92. The smallest absolute Gasteiger partial charge is 0.142 e. The van der Waals surface area contributed by atoms with Gasteiger partial charge >= 0.3 is 0 Å². The van der Waals surface area contributed by atoms with Crippen molar-refractivity contribution in [2.45, 2.75) is 11.4 Å². The van der Waals surface area contributed by atoms with E-state index in [4.69, 9.17) is 11.6 Å². The second kappa shape index (κ2) is 6.12. The van der Waals surface area contributed by atoms with E-state index in [1.54, 1.807) is 17.8 Å². The first-order chi connectivity index (χ1) is 8.70. The zero-order valence-electron chi connectivity index (χ0n) is 9.91. The SMILES string of the molecule is CSc1ccccc1NCc1ccc(Cl)c(F)c1. The normalized spacial score (nSPS) is 10.4. The van der Waals surface area contributed by atoms with Gasteiger partial charge in [0.25, 0.3) is 0 Å². The molecule has 94 valence electrons. The van der Waals surface area contributed by atoms with Gasteiger partial charge in [-0.05, 0) is 36.1 Å². The fourth-order valence-electron chi connectivity index (χ4n) is 1.64. The van der Waals surface area contributed by atoms with Gasteiger partial charge in [0.15, 0.2) is 0 Å². The first-order valence-electron chi connectivity index (χ1n) is 5.51. The van der Waals surface area contributed by atoms with Crippen molar-refractivity contribution in [3.8, 4) is 0 Å². The second-order valence-corrected chi connectivity index (χ2v) is 5.06. The van der Waals surface area contributed by atoms with E-state index in [2.05, 4.69) is 11.4 Å². The van der Waals surface area contributed by atoms with Gasteiger partial charge in [-0.15, -0.1) is 11.8 Å². The summed E-state index contributed by atoms with van der Waals surface area (Å²) in [6.07, 6.45) is 2.03. The van der Waals surface area contributed by atoms with Gasteiger partial charge in [-0.1, -0.05) is 29.8 Å². The molecule has 18 heavy (non-hydrogen) atoms. The molecule has 0 heterocycles. The van der Waals surface area contributed by atoms with Gasteiger partial charge in [-0.2, -0.15) is 0 Å². The quantitative estimate of drug-likeness (QED) is 0.807. The Balaban J connectivity index is 2.09. The summed E-state index contributed by atoms with van der Waals surface area (Å²) >= 11 is 7.33. The largest absolute Gasteiger partial charge is 0.380 e. The highest BCUT2D eigenvalue weighted by atomic mass is 35.5. The molecule has 0 amide bonds. The highest BCUT2D eigenvalue weighted by Crippen LogP contribution is 2.25. The van der Waals surface area contributed by atoms with Gasteiger partial charge < -0.3 is 5.32 Å². The standard InChI is InChI=1S/C14H13ClFNS/c1-18-14-5-3-2-4-13(14)17-9-10-6-7-11(15)12(16)8-10/h2-8,17H,9H2,1H3. The summed E-state index contributed by atoms with van der Waals surface area (Å²) in [5.74, 6) is -0.380. The molecular formula is C14H13ClFNS. The molecule has 2 aromatic rings. The molecule has 0 aliphatic carbocycles. The zero-order chi connectivity index (χ0) is 13.0. The number of anilines is 1. The molecule has 0 fully saturated rings. The van der Waals surface area contributed by atoms with Crippen LogP contribution in [0.2, 0.25) is 5.02 Å². The minimum Gasteiger partial charge on any atom is -0.380 e. The molecule has 2 rings (SSSR count). The van der Waals surface area contributed by atoms with E-state index in [1.165, 1.54) is 11.0 Å². The van der Waals surface area contributed by atoms with Gasteiger partial charge in [0.1, 0.15) is 5.82 Å². The number of rotatable bonds is 4. The Morgan fingerprint density at radius 2 is 2.00 bits per heavy atom. The van der Waals surface area contributed by atoms with Gasteiger partial charge in [0.2, 0.25) is 0 Å². The first kappa shape index (κ1) is 13.2. The number of halogens is 2. The molecule has 1 N–H and O–H groups in total. The molecule has 0 saturated heterocycles. The summed E-state index contributed by atoms with van der Waals surface area (Å²) in [7, 11) is 0. The van der Waals surface area contributed by atoms with Crippen molar-refractivity contribution in [2.75, 3.05) is 11.6 Å². The van der Waals surface area contributed by atoms with E-state index in [1.807, 2.05) is 30.5 Å². The van der Waals surface area contributed by atoms with Crippen LogP contribution in [0, 0.1) is 5.82 Å². The minimum absolute atomic E-state index is 0.156. The van der Waals surface area contributed by atoms with Crippen molar-refractivity contribution in [1.29, 1.82) is 0 Å². The molecular weight excluding hydrogens is 269 g/mol. The van der Waals surface area contributed by atoms with Crippen LogP contribution in [0.15, 0.2) is 47.4 Å². The number of thioether (sulfide) groups is 1. The lowest BCUT2D eigenvalue weighted by Crippen LogP contribution is -2.00. The lowest BCUT2D eigenvalue weighted by atomic mass is 10.2. The van der Waals surface area contributed by atoms with Gasteiger partial charge in [-0.3, -0.25) is 0 Å². The second-order valence-electron chi connectivity index (χ2n) is 3.80. The lowest BCUT2D eigenvalue weighted by Gasteiger charge is -2.10. The van der Waals surface area contributed by atoms with Crippen molar-refractivity contribution in [3.63, 3.8) is 0 Å². The van der Waals surface area contributed by atoms with Crippen LogP contribution in [0.3, 0.4) is 0 Å². The molecule has 0 aliphatic rings. The van der Waals surface area contributed by atoms with Crippen LogP contribution in [0.5, 0.6) is 0 Å². The molecule has 0 unspecified atom stereocenters. The summed E-state index contributed by atoms with van der Waals surface area (Å²) in [6.45, 7) is 0.575. The Morgan fingerprint density at radius 1 is 1.22 bits per heavy atom. The monoisotopic (exact) mass is 281 g/mol. The molecule has 0 aromatic heterocycles. The number of benzene rings is 2. The minimum atomic E-state index is -0.380. The first-order valence-corrected chi connectivity index (χ1v) is 7.12. The molecule has 4 heteroatoms. The topological polar surface area (TPSA) is 12.0 Å². The van der Waals surface area contributed by atoms with Crippen LogP contribution in [-0.4, -0.2) is 6.26 Å². The Hall–Kier alpha value is -1.19. The summed E-state index contributed by atoms with van der Waals surface area (Å²) in [6, 6.07) is 12.9. The average Bonchev–Trinajstić information content (AvgIpc) is 2.40. The van der Waals surface area contributed by atoms with Crippen LogP contribution in [0.4, 0.5) is 10.1 Å². The Bertz CT molecular complexity index is 545. The van der Waals surface area contributed by atoms with E-state index in [0.717, 1.165) is 11.3 Å². The Kier molecular flexibility index (Phi) is 4.50. The Labute approximate surface area is 115 Å². The number of hydrogen-bond acceptors (Lipinski definition) is 2. The van der Waals surface area contributed by atoms with Crippen LogP contribution in [-0.2, 0) is 6.54 Å². The van der Waals surface area contributed by atoms with Crippen LogP contribution >= 0.6 is 23.4 Å². The highest BCUT2D eigenvalue weighted by Gasteiger charge is 2.03. The fraction of sp³-hybridized carbons (Fsp3) is 0.143. The fourth-order valence-corrected chi connectivity index (χ4v) is 2.33. The van der Waals surface area contributed by atoms with Crippen LogP contribution < -0.4 is 5.32 Å². The predicted molar refractivity (Wildman–Crippen MR) is 77.0 cm³/mol. The molecule has 1 nitrogen and oxygen atoms in total. The zero-order valence-corrected chi connectivity index (χ0v) is 11.5. The predicted octanol–water partition coefficient (Wildman–Crippen LogP) is 4.81. The molecule has 2 aromatic carbocycles. The maximum absolute atomic E-state index is 13.3. The third-order valence-corrected chi connectivity index (χ3v) is 3.68. The molecule has 0 atom stereocenters. The summed E-state index contributed by atoms with van der Waals surface area (Å²) in [5, 5.41) is 3.45. The number of para-hydroxylation sites is 1. The highest BCUT2D eigenvalue weighted by molar-refractivity contribution is 7.98. The molecule has 0 aliphatic heterocycles. The molecule has 0 bridgehead atoms. The van der Waals surface area contributed by atoms with Crippen molar-refractivity contribution in [3.05, 3.63) is 58.9 Å². The van der Waals surface area contributed by atoms with Gasteiger partial charge in [-0.25, -0.2) is 4.39 Å². The van der Waals surface area contributed by atoms with E-state index >= 15 is 0 Å². The van der Waals surface area contributed by atoms with E-state index < -0.39 is 0 Å². The Morgan fingerprint density at radius 3 is 2.72 bits per heavy atom. The number of hydrogen-bond donors (Lipinski definition) is 1. The van der Waals surface area contributed by atoms with E-state index in [0.29, 0.717) is 6.54 Å². The van der Waals surface area contributed by atoms with Crippen molar-refractivity contribution < 1.29 is 4.39 Å². The van der Waals surface area contributed by atoms with Gasteiger partial charge in [0.05, 0.1) is 5.02 Å². The molecule has 0 radical (unpaired) electrons. The number of nitrogens with one attached hydrogen (secondary N) is 1. The van der Waals surface area contributed by atoms with Crippen molar-refractivity contribution in [1.82, 2.24) is 0 Å². The van der Waals surface area contributed by atoms with Gasteiger partial charge in [0, 0.05) is 17.1 Å². The van der Waals surface area contributed by atoms with E-state index in [-0.39, 0.29) is 10.8 Å². The third kappa shape index (κ3) is 3.18. The van der Waals surface area contributed by atoms with Crippen LogP contribution in [0.1, 0.15) is 5.56 Å². The maximum Gasteiger partial charge on any atom is 0.142 e. The maximum atomic E-state index is 13.3. The van der Waals surface area contributed by atoms with Crippen molar-refractivity contribution in [2.24, 2.45) is 0 Å². The summed E-state index contributed by atoms with van der Waals surface area (Å²) < 4.78 is 13.3. The lowest BCUT2D eigenvalue weighted by molar-refractivity contribution is 0.626. The third-order valence-electron chi connectivity index (χ3n) is 2.57. The summed E-state index contributed by atoms with van der Waals surface area (Å²) in [4.78, 5) is 1.17. The van der Waals surface area contributed by atoms with Crippen molar-refractivity contribution >= 4 is 29.1 Å². The van der Waals surface area contributed by atoms with E-state index in [9.17, 15) is 4.39 Å². The van der Waals surface area contributed by atoms with Crippen LogP contribution in [0.25, 0.3) is 0 Å². The molecule has 0 spiro atoms.